The Balaban J connectivity index is 2.50. The second-order valence-corrected chi connectivity index (χ2v) is 3.54. The van der Waals surface area contributed by atoms with Gasteiger partial charge in [0.05, 0.1) is 17.9 Å². The maximum atomic E-state index is 11.0. The number of carbonyl (C=O) groups is 1. The van der Waals surface area contributed by atoms with Gasteiger partial charge in [-0.3, -0.25) is 4.79 Å². The molecule has 0 bridgehead atoms. The smallest absolute Gasteiger partial charge is 0.287 e. The Morgan fingerprint density at radius 1 is 1.73 bits per heavy atom. The number of nitrogens with zero attached hydrogens (tertiary/aromatic N) is 3. The van der Waals surface area contributed by atoms with E-state index in [9.17, 15) is 4.79 Å². The molecule has 1 aromatic heterocycles. The first-order valence-electron chi connectivity index (χ1n) is 2.87. The SMILES string of the molecule is CN(C)C(=O)Sc1cnsn1. The van der Waals surface area contributed by atoms with E-state index in [1.807, 2.05) is 0 Å². The summed E-state index contributed by atoms with van der Waals surface area (Å²) in [6.07, 6.45) is 1.58. The van der Waals surface area contributed by atoms with Crippen LogP contribution >= 0.6 is 23.5 Å². The minimum Gasteiger partial charge on any atom is -0.339 e. The molecule has 0 N–H and O–H groups in total. The van der Waals surface area contributed by atoms with Gasteiger partial charge in [0.15, 0.2) is 0 Å². The van der Waals surface area contributed by atoms with Crippen LogP contribution < -0.4 is 0 Å². The summed E-state index contributed by atoms with van der Waals surface area (Å²) in [6.45, 7) is 0. The molecule has 0 unspecified atom stereocenters. The highest BCUT2D eigenvalue weighted by molar-refractivity contribution is 8.13. The molecule has 6 heteroatoms. The van der Waals surface area contributed by atoms with Crippen molar-refractivity contribution in [1.29, 1.82) is 0 Å². The molecule has 1 rings (SSSR count). The van der Waals surface area contributed by atoms with Crippen molar-refractivity contribution in [3.8, 4) is 0 Å². The van der Waals surface area contributed by atoms with Crippen LogP contribution in [0.3, 0.4) is 0 Å². The van der Waals surface area contributed by atoms with Crippen molar-refractivity contribution in [2.45, 2.75) is 5.03 Å². The van der Waals surface area contributed by atoms with Gasteiger partial charge in [-0.05, 0) is 11.8 Å². The molecule has 0 radical (unpaired) electrons. The van der Waals surface area contributed by atoms with Crippen molar-refractivity contribution in [3.05, 3.63) is 6.20 Å². The largest absolute Gasteiger partial charge is 0.339 e. The van der Waals surface area contributed by atoms with Gasteiger partial charge in [-0.2, -0.15) is 8.75 Å². The fourth-order valence-electron chi connectivity index (χ4n) is 0.382. The first-order chi connectivity index (χ1) is 5.20. The van der Waals surface area contributed by atoms with E-state index in [4.69, 9.17) is 0 Å². The van der Waals surface area contributed by atoms with E-state index in [1.165, 1.54) is 4.90 Å². The monoisotopic (exact) mass is 189 g/mol. The molecule has 60 valence electrons. The van der Waals surface area contributed by atoms with Gasteiger partial charge in [-0.1, -0.05) is 0 Å². The molecule has 1 aromatic rings. The summed E-state index contributed by atoms with van der Waals surface area (Å²) in [7, 11) is 3.41. The van der Waals surface area contributed by atoms with E-state index in [0.717, 1.165) is 23.5 Å². The van der Waals surface area contributed by atoms with Crippen molar-refractivity contribution < 1.29 is 4.79 Å². The summed E-state index contributed by atoms with van der Waals surface area (Å²) < 4.78 is 7.66. The molecule has 1 heterocycles. The van der Waals surface area contributed by atoms with Crippen molar-refractivity contribution in [2.75, 3.05) is 14.1 Å². The Bertz CT molecular complexity index is 234. The topological polar surface area (TPSA) is 46.1 Å². The normalized spacial score (nSPS) is 9.64. The molecule has 0 saturated carbocycles. The average molecular weight is 189 g/mol. The summed E-state index contributed by atoms with van der Waals surface area (Å²) >= 11 is 2.18. The van der Waals surface area contributed by atoms with Gasteiger partial charge in [0.1, 0.15) is 5.03 Å². The lowest BCUT2D eigenvalue weighted by molar-refractivity contribution is 0.241. The molecule has 0 aliphatic rings. The molecule has 1 amide bonds. The van der Waals surface area contributed by atoms with Crippen molar-refractivity contribution in [1.82, 2.24) is 13.6 Å². The van der Waals surface area contributed by atoms with Crippen LogP contribution in [0.5, 0.6) is 0 Å². The van der Waals surface area contributed by atoms with Crippen LogP contribution in [0.1, 0.15) is 0 Å². The number of aromatic nitrogens is 2. The van der Waals surface area contributed by atoms with E-state index in [1.54, 1.807) is 20.3 Å². The van der Waals surface area contributed by atoms with Crippen LogP contribution in [0.4, 0.5) is 4.79 Å². The zero-order valence-corrected chi connectivity index (χ0v) is 7.78. The zero-order valence-electron chi connectivity index (χ0n) is 6.14. The highest BCUT2D eigenvalue weighted by atomic mass is 32.2. The molecule has 0 saturated heterocycles. The Hall–Kier alpha value is -0.620. The van der Waals surface area contributed by atoms with Gasteiger partial charge in [-0.25, -0.2) is 0 Å². The first-order valence-corrected chi connectivity index (χ1v) is 4.41. The van der Waals surface area contributed by atoms with E-state index < -0.39 is 0 Å². The lowest BCUT2D eigenvalue weighted by Crippen LogP contribution is -2.15. The summed E-state index contributed by atoms with van der Waals surface area (Å²) in [4.78, 5) is 12.5. The van der Waals surface area contributed by atoms with Gasteiger partial charge in [0.2, 0.25) is 0 Å². The molecular formula is C5H7N3OS2. The summed E-state index contributed by atoms with van der Waals surface area (Å²) in [5.41, 5.74) is 0. The van der Waals surface area contributed by atoms with Crippen LogP contribution in [0.2, 0.25) is 0 Å². The van der Waals surface area contributed by atoms with E-state index in [0.29, 0.717) is 5.03 Å². The van der Waals surface area contributed by atoms with Crippen LogP contribution in [0.15, 0.2) is 11.2 Å². The first kappa shape index (κ1) is 8.48. The molecule has 0 aliphatic carbocycles. The highest BCUT2D eigenvalue weighted by Crippen LogP contribution is 2.17. The quantitative estimate of drug-likeness (QED) is 0.625. The van der Waals surface area contributed by atoms with Crippen LogP contribution in [0.25, 0.3) is 0 Å². The Morgan fingerprint density at radius 3 is 2.91 bits per heavy atom. The second kappa shape index (κ2) is 3.68. The molecule has 0 aromatic carbocycles. The fraction of sp³-hybridized carbons (Fsp3) is 0.400. The summed E-state index contributed by atoms with van der Waals surface area (Å²) in [6, 6.07) is 0. The molecule has 0 aliphatic heterocycles. The second-order valence-electron chi connectivity index (χ2n) is 2.01. The number of carbonyl (C=O) groups excluding carboxylic acids is 1. The molecule has 0 spiro atoms. The predicted molar refractivity (Wildman–Crippen MR) is 44.8 cm³/mol. The molecule has 4 nitrogen and oxygen atoms in total. The summed E-state index contributed by atoms with van der Waals surface area (Å²) in [5, 5.41) is 0.631. The van der Waals surface area contributed by atoms with Crippen LogP contribution in [0, 0.1) is 0 Å². The fourth-order valence-corrected chi connectivity index (χ4v) is 1.49. The van der Waals surface area contributed by atoms with E-state index >= 15 is 0 Å². The standard InChI is InChI=1S/C5H7N3OS2/c1-8(2)5(9)10-4-3-6-11-7-4/h3H,1-2H3. The zero-order chi connectivity index (χ0) is 8.27. The third-order valence-corrected chi connectivity index (χ3v) is 2.44. The maximum absolute atomic E-state index is 11.0. The van der Waals surface area contributed by atoms with Crippen LogP contribution in [-0.2, 0) is 0 Å². The minimum atomic E-state index is -0.0299. The van der Waals surface area contributed by atoms with Gasteiger partial charge in [0.25, 0.3) is 5.24 Å². The molecule has 0 fully saturated rings. The summed E-state index contributed by atoms with van der Waals surface area (Å²) in [5.74, 6) is 0. The van der Waals surface area contributed by atoms with Crippen LogP contribution in [-0.4, -0.2) is 33.0 Å². The number of hydrogen-bond acceptors (Lipinski definition) is 5. The number of hydrogen-bond donors (Lipinski definition) is 0. The van der Waals surface area contributed by atoms with Gasteiger partial charge in [0, 0.05) is 14.1 Å². The highest BCUT2D eigenvalue weighted by Gasteiger charge is 2.07. The van der Waals surface area contributed by atoms with Crippen molar-refractivity contribution >= 4 is 28.7 Å². The molecule has 11 heavy (non-hydrogen) atoms. The number of thioether (sulfide) groups is 1. The number of amides is 1. The third kappa shape index (κ3) is 2.47. The third-order valence-electron chi connectivity index (χ3n) is 0.898. The van der Waals surface area contributed by atoms with Crippen molar-refractivity contribution in [3.63, 3.8) is 0 Å². The molecular weight excluding hydrogens is 182 g/mol. The van der Waals surface area contributed by atoms with Crippen molar-refractivity contribution in [2.24, 2.45) is 0 Å². The Kier molecular flexibility index (Phi) is 2.84. The van der Waals surface area contributed by atoms with Gasteiger partial charge >= 0.3 is 0 Å². The van der Waals surface area contributed by atoms with Gasteiger partial charge in [-0.15, -0.1) is 0 Å². The number of rotatable bonds is 1. The Morgan fingerprint density at radius 2 is 2.45 bits per heavy atom. The van der Waals surface area contributed by atoms with Gasteiger partial charge < -0.3 is 4.90 Å². The van der Waals surface area contributed by atoms with E-state index in [-0.39, 0.29) is 5.24 Å². The Labute approximate surface area is 72.9 Å². The molecule has 0 atom stereocenters. The maximum Gasteiger partial charge on any atom is 0.287 e. The average Bonchev–Trinajstić information content (AvgIpc) is 2.39. The lowest BCUT2D eigenvalue weighted by Gasteiger charge is -2.06. The lowest BCUT2D eigenvalue weighted by atomic mass is 10.9. The van der Waals surface area contributed by atoms with E-state index in [2.05, 4.69) is 8.75 Å². The minimum absolute atomic E-state index is 0.0299. The predicted octanol–water partition coefficient (Wildman–Crippen LogP) is 1.31.